The van der Waals surface area contributed by atoms with Crippen LogP contribution in [0, 0.1) is 5.82 Å². The number of ether oxygens (including phenoxy) is 2. The highest BCUT2D eigenvalue weighted by atomic mass is 32.2. The lowest BCUT2D eigenvalue weighted by atomic mass is 10.0. The first-order valence-electron chi connectivity index (χ1n) is 11.4. The van der Waals surface area contributed by atoms with Crippen molar-refractivity contribution in [2.75, 3.05) is 18.1 Å². The molecule has 36 heavy (non-hydrogen) atoms. The maximum absolute atomic E-state index is 15.2. The lowest BCUT2D eigenvalue weighted by Crippen LogP contribution is -2.20. The third kappa shape index (κ3) is 4.03. The first-order valence-corrected chi connectivity index (χ1v) is 13.2. The quantitative estimate of drug-likeness (QED) is 0.398. The topological polar surface area (TPSA) is 87.7 Å². The number of fused-ring (bicyclic) bond motifs is 3. The molecule has 4 aromatic rings. The monoisotopic (exact) mass is 518 g/mol. The van der Waals surface area contributed by atoms with Gasteiger partial charge >= 0.3 is 6.61 Å². The van der Waals surface area contributed by atoms with Crippen LogP contribution < -0.4 is 4.74 Å². The summed E-state index contributed by atoms with van der Waals surface area (Å²) in [6.45, 7) is -2.68. The largest absolute Gasteiger partial charge is 0.434 e. The van der Waals surface area contributed by atoms with Crippen LogP contribution >= 0.6 is 0 Å². The average molecular weight is 519 g/mol. The van der Waals surface area contributed by atoms with Crippen LogP contribution in [-0.2, 0) is 21.0 Å². The highest BCUT2D eigenvalue weighted by Crippen LogP contribution is 2.39. The van der Waals surface area contributed by atoms with E-state index in [1.807, 2.05) is 0 Å². The van der Waals surface area contributed by atoms with E-state index in [4.69, 9.17) is 9.47 Å². The van der Waals surface area contributed by atoms with E-state index in [1.54, 1.807) is 39.7 Å². The molecule has 0 aliphatic carbocycles. The van der Waals surface area contributed by atoms with Crippen LogP contribution in [0.15, 0.2) is 48.9 Å². The molecule has 1 aromatic carbocycles. The van der Waals surface area contributed by atoms with E-state index < -0.39 is 28.4 Å². The fourth-order valence-corrected chi connectivity index (χ4v) is 6.66. The van der Waals surface area contributed by atoms with Crippen LogP contribution in [0.2, 0.25) is 0 Å². The van der Waals surface area contributed by atoms with Crippen molar-refractivity contribution in [3.05, 3.63) is 71.7 Å². The number of nitrogens with zero attached hydrogens (tertiary/aromatic N) is 4. The van der Waals surface area contributed by atoms with Gasteiger partial charge in [-0.2, -0.15) is 13.9 Å². The van der Waals surface area contributed by atoms with Crippen molar-refractivity contribution in [3.8, 4) is 16.9 Å². The molecule has 0 spiro atoms. The van der Waals surface area contributed by atoms with Gasteiger partial charge in [0.15, 0.2) is 9.84 Å². The molecular weight excluding hydrogens is 497 g/mol. The van der Waals surface area contributed by atoms with Gasteiger partial charge in [-0.3, -0.25) is 9.08 Å². The molecule has 1 unspecified atom stereocenters. The van der Waals surface area contributed by atoms with Crippen LogP contribution in [0.4, 0.5) is 13.2 Å². The predicted molar refractivity (Wildman–Crippen MR) is 123 cm³/mol. The number of para-hydroxylation sites is 1. The maximum atomic E-state index is 15.2. The highest BCUT2D eigenvalue weighted by Gasteiger charge is 2.32. The normalized spacial score (nSPS) is 21.2. The number of benzene rings is 1. The van der Waals surface area contributed by atoms with Gasteiger partial charge in [0.2, 0.25) is 0 Å². The number of imidazole rings is 1. The Morgan fingerprint density at radius 2 is 2.03 bits per heavy atom. The van der Waals surface area contributed by atoms with E-state index in [0.717, 1.165) is 0 Å². The molecule has 1 fully saturated rings. The smallest absolute Gasteiger partial charge is 0.387 e. The number of sulfone groups is 1. The van der Waals surface area contributed by atoms with Crippen molar-refractivity contribution in [2.24, 2.45) is 0 Å². The molecule has 0 saturated carbocycles. The van der Waals surface area contributed by atoms with Crippen LogP contribution in [0.1, 0.15) is 35.5 Å². The summed E-state index contributed by atoms with van der Waals surface area (Å²) in [5.74, 6) is -0.409. The second-order valence-corrected chi connectivity index (χ2v) is 11.1. The number of alkyl halides is 2. The molecule has 3 aromatic heterocycles. The molecule has 6 rings (SSSR count). The van der Waals surface area contributed by atoms with Gasteiger partial charge < -0.3 is 9.47 Å². The zero-order valence-corrected chi connectivity index (χ0v) is 19.7. The molecule has 0 radical (unpaired) electrons. The van der Waals surface area contributed by atoms with Crippen LogP contribution in [0.5, 0.6) is 5.75 Å². The highest BCUT2D eigenvalue weighted by molar-refractivity contribution is 7.91. The molecule has 5 heterocycles. The van der Waals surface area contributed by atoms with E-state index in [1.165, 1.54) is 18.3 Å². The molecule has 0 N–H and O–H groups in total. The van der Waals surface area contributed by atoms with E-state index in [9.17, 15) is 17.2 Å². The van der Waals surface area contributed by atoms with Crippen molar-refractivity contribution in [1.29, 1.82) is 0 Å². The first-order chi connectivity index (χ1) is 17.3. The average Bonchev–Trinajstić information content (AvgIpc) is 3.54. The lowest BCUT2D eigenvalue weighted by Gasteiger charge is -2.25. The summed E-state index contributed by atoms with van der Waals surface area (Å²) in [6.07, 6.45) is 4.91. The minimum atomic E-state index is -3.10. The number of halogens is 3. The second-order valence-electron chi connectivity index (χ2n) is 8.89. The van der Waals surface area contributed by atoms with Gasteiger partial charge in [-0.15, -0.1) is 0 Å². The Labute approximate surface area is 204 Å². The summed E-state index contributed by atoms with van der Waals surface area (Å²) in [7, 11) is -3.10. The van der Waals surface area contributed by atoms with E-state index in [-0.39, 0.29) is 28.9 Å². The zero-order valence-electron chi connectivity index (χ0n) is 18.9. The molecular formula is C24H21F3N4O4S. The molecule has 0 bridgehead atoms. The summed E-state index contributed by atoms with van der Waals surface area (Å²) < 4.78 is 79.0. The van der Waals surface area contributed by atoms with E-state index >= 15 is 4.39 Å². The summed E-state index contributed by atoms with van der Waals surface area (Å²) in [5, 5.41) is 4.29. The lowest BCUT2D eigenvalue weighted by molar-refractivity contribution is -0.0522. The third-order valence-electron chi connectivity index (χ3n) is 6.61. The summed E-state index contributed by atoms with van der Waals surface area (Å²) in [6, 6.07) is 7.42. The Hall–Kier alpha value is -3.38. The van der Waals surface area contributed by atoms with Gasteiger partial charge in [0.1, 0.15) is 23.3 Å². The van der Waals surface area contributed by atoms with Crippen molar-refractivity contribution < 1.29 is 31.1 Å². The second kappa shape index (κ2) is 8.63. The number of hydrogen-bond acceptors (Lipinski definition) is 6. The molecule has 0 amide bonds. The van der Waals surface area contributed by atoms with Gasteiger partial charge in [-0.1, -0.05) is 18.2 Å². The molecule has 8 nitrogen and oxygen atoms in total. The fraction of sp³-hybridized carbons (Fsp3) is 0.333. The Kier molecular flexibility index (Phi) is 5.52. The summed E-state index contributed by atoms with van der Waals surface area (Å²) in [5.41, 5.74) is 2.80. The van der Waals surface area contributed by atoms with Gasteiger partial charge in [-0.25, -0.2) is 17.8 Å². The SMILES string of the molecule is O=S1(=O)CCC(n2cc(-c3cn4c5c(nc4cc3F)CCO[C@@H]5c3ccccc3OC(F)F)cn2)C1. The van der Waals surface area contributed by atoms with E-state index in [2.05, 4.69) is 10.1 Å². The Bertz CT molecular complexity index is 1570. The third-order valence-corrected chi connectivity index (χ3v) is 8.36. The minimum Gasteiger partial charge on any atom is -0.434 e. The molecule has 2 aliphatic heterocycles. The first kappa shape index (κ1) is 23.0. The minimum absolute atomic E-state index is 0.00375. The van der Waals surface area contributed by atoms with Crippen molar-refractivity contribution in [1.82, 2.24) is 19.2 Å². The molecule has 1 saturated heterocycles. The van der Waals surface area contributed by atoms with Crippen LogP contribution in [0.3, 0.4) is 0 Å². The molecule has 188 valence electrons. The van der Waals surface area contributed by atoms with Crippen molar-refractivity contribution >= 4 is 15.5 Å². The van der Waals surface area contributed by atoms with E-state index in [0.29, 0.717) is 47.6 Å². The number of hydrogen-bond donors (Lipinski definition) is 0. The Morgan fingerprint density at radius 1 is 1.19 bits per heavy atom. The summed E-state index contributed by atoms with van der Waals surface area (Å²) >= 11 is 0. The number of rotatable bonds is 5. The van der Waals surface area contributed by atoms with Crippen molar-refractivity contribution in [2.45, 2.75) is 31.6 Å². The molecule has 12 heteroatoms. The van der Waals surface area contributed by atoms with Gasteiger partial charge in [0.25, 0.3) is 0 Å². The number of aromatic nitrogens is 4. The van der Waals surface area contributed by atoms with Gasteiger partial charge in [-0.05, 0) is 12.5 Å². The van der Waals surface area contributed by atoms with Gasteiger partial charge in [0.05, 0.1) is 41.7 Å². The predicted octanol–water partition coefficient (Wildman–Crippen LogP) is 3.96. The summed E-state index contributed by atoms with van der Waals surface area (Å²) in [4.78, 5) is 4.57. The van der Waals surface area contributed by atoms with Crippen LogP contribution in [0.25, 0.3) is 16.8 Å². The maximum Gasteiger partial charge on any atom is 0.387 e. The standard InChI is InChI=1S/C24H21F3N4O4S/c25-18-9-21-29-19-5-7-34-23(16-3-1-2-4-20(16)35-24(26)27)22(19)30(21)12-17(18)14-10-28-31(11-14)15-6-8-36(32,33)13-15/h1-4,9-12,15,23-24H,5-8,13H2/t15?,23-/m1/s1. The Balaban J connectivity index is 1.43. The Morgan fingerprint density at radius 3 is 2.81 bits per heavy atom. The van der Waals surface area contributed by atoms with Crippen molar-refractivity contribution in [3.63, 3.8) is 0 Å². The fourth-order valence-electron chi connectivity index (χ4n) is 4.96. The van der Waals surface area contributed by atoms with Crippen LogP contribution in [-0.4, -0.2) is 52.3 Å². The van der Waals surface area contributed by atoms with Gasteiger partial charge in [0, 0.05) is 41.6 Å². The molecule has 2 atom stereocenters. The zero-order chi connectivity index (χ0) is 25.0. The number of pyridine rings is 1. The molecule has 2 aliphatic rings.